The van der Waals surface area contributed by atoms with Gasteiger partial charge in [-0.25, -0.2) is 0 Å². The summed E-state index contributed by atoms with van der Waals surface area (Å²) in [6, 6.07) is 13.5. The molecule has 5 nitrogen and oxygen atoms in total. The minimum absolute atomic E-state index is 0.0625. The number of amides is 2. The Bertz CT molecular complexity index is 934. The molecule has 2 aromatic rings. The third-order valence-electron chi connectivity index (χ3n) is 6.53. The summed E-state index contributed by atoms with van der Waals surface area (Å²) >= 11 is 0. The molecule has 0 aromatic heterocycles. The van der Waals surface area contributed by atoms with Crippen LogP contribution in [0.3, 0.4) is 0 Å². The van der Waals surface area contributed by atoms with E-state index in [9.17, 15) is 9.59 Å². The molecular weight excluding hydrogens is 400 g/mol. The van der Waals surface area contributed by atoms with Crippen molar-refractivity contribution in [3.8, 4) is 5.75 Å². The molecule has 3 rings (SSSR count). The summed E-state index contributed by atoms with van der Waals surface area (Å²) in [5.41, 5.74) is 4.44. The van der Waals surface area contributed by atoms with Crippen LogP contribution in [0.4, 0.5) is 0 Å². The van der Waals surface area contributed by atoms with Crippen LogP contribution in [-0.4, -0.2) is 35.4 Å². The number of nitrogens with zero attached hydrogens (tertiary/aromatic N) is 1. The largest absolute Gasteiger partial charge is 0.484 e. The number of carbonyl (C=O) groups is 2. The summed E-state index contributed by atoms with van der Waals surface area (Å²) in [6.07, 6.45) is 4.89. The van der Waals surface area contributed by atoms with Gasteiger partial charge in [-0.3, -0.25) is 9.59 Å². The average molecular weight is 437 g/mol. The second-order valence-electron chi connectivity index (χ2n) is 8.90. The van der Waals surface area contributed by atoms with Crippen molar-refractivity contribution >= 4 is 11.8 Å². The van der Waals surface area contributed by atoms with Gasteiger partial charge in [0.05, 0.1) is 0 Å². The Labute approximate surface area is 192 Å². The summed E-state index contributed by atoms with van der Waals surface area (Å²) in [6.45, 7) is 8.35. The van der Waals surface area contributed by atoms with Crippen molar-refractivity contribution in [3.05, 3.63) is 64.7 Å². The van der Waals surface area contributed by atoms with Crippen molar-refractivity contribution in [2.75, 3.05) is 6.61 Å². The van der Waals surface area contributed by atoms with E-state index in [1.165, 1.54) is 5.56 Å². The van der Waals surface area contributed by atoms with Crippen LogP contribution in [0.15, 0.2) is 42.5 Å². The molecule has 0 heterocycles. The van der Waals surface area contributed by atoms with Crippen molar-refractivity contribution < 1.29 is 14.3 Å². The topological polar surface area (TPSA) is 58.6 Å². The first-order chi connectivity index (χ1) is 15.4. The Morgan fingerprint density at radius 3 is 2.41 bits per heavy atom. The number of rotatable bonds is 9. The molecule has 172 valence electrons. The molecule has 2 aromatic carbocycles. The van der Waals surface area contributed by atoms with Crippen LogP contribution < -0.4 is 10.1 Å². The highest BCUT2D eigenvalue weighted by molar-refractivity contribution is 5.88. The van der Waals surface area contributed by atoms with Gasteiger partial charge in [0, 0.05) is 12.6 Å². The van der Waals surface area contributed by atoms with Crippen molar-refractivity contribution in [3.63, 3.8) is 0 Å². The second kappa shape index (κ2) is 11.2. The zero-order valence-corrected chi connectivity index (χ0v) is 19.8. The van der Waals surface area contributed by atoms with Crippen LogP contribution in [-0.2, 0) is 16.1 Å². The summed E-state index contributed by atoms with van der Waals surface area (Å²) in [7, 11) is 0. The summed E-state index contributed by atoms with van der Waals surface area (Å²) < 4.78 is 5.84. The molecule has 1 aliphatic carbocycles. The minimum Gasteiger partial charge on any atom is -0.484 e. The molecule has 2 amide bonds. The molecule has 0 aliphatic heterocycles. The smallest absolute Gasteiger partial charge is 0.261 e. The Morgan fingerprint density at radius 1 is 1.03 bits per heavy atom. The van der Waals surface area contributed by atoms with Gasteiger partial charge in [0.1, 0.15) is 11.8 Å². The molecule has 0 radical (unpaired) electrons. The molecule has 0 spiro atoms. The Hall–Kier alpha value is -2.82. The van der Waals surface area contributed by atoms with Gasteiger partial charge < -0.3 is 15.0 Å². The van der Waals surface area contributed by atoms with Gasteiger partial charge in [-0.1, -0.05) is 50.1 Å². The van der Waals surface area contributed by atoms with Crippen LogP contribution in [0.2, 0.25) is 0 Å². The SMILES string of the molecule is CC[C@H](C(=O)NC1CCCC1)N(Cc1ccccc1C)C(=O)COc1ccc(C)c(C)c1. The van der Waals surface area contributed by atoms with E-state index < -0.39 is 6.04 Å². The predicted molar refractivity (Wildman–Crippen MR) is 128 cm³/mol. The van der Waals surface area contributed by atoms with Gasteiger partial charge >= 0.3 is 0 Å². The normalized spacial score (nSPS) is 14.8. The minimum atomic E-state index is -0.522. The maximum absolute atomic E-state index is 13.3. The lowest BCUT2D eigenvalue weighted by atomic mass is 10.1. The highest BCUT2D eigenvalue weighted by Gasteiger charge is 2.31. The van der Waals surface area contributed by atoms with Gasteiger partial charge in [0.2, 0.25) is 5.91 Å². The van der Waals surface area contributed by atoms with Gasteiger partial charge in [-0.05, 0) is 74.4 Å². The first-order valence-electron chi connectivity index (χ1n) is 11.7. The first-order valence-corrected chi connectivity index (χ1v) is 11.7. The fourth-order valence-corrected chi connectivity index (χ4v) is 4.29. The molecule has 1 aliphatic rings. The Kier molecular flexibility index (Phi) is 8.32. The number of carbonyl (C=O) groups excluding carboxylic acids is 2. The van der Waals surface area contributed by atoms with E-state index in [1.807, 2.05) is 70.2 Å². The maximum Gasteiger partial charge on any atom is 0.261 e. The lowest BCUT2D eigenvalue weighted by molar-refractivity contribution is -0.143. The molecule has 0 saturated heterocycles. The molecule has 32 heavy (non-hydrogen) atoms. The fourth-order valence-electron chi connectivity index (χ4n) is 4.29. The summed E-state index contributed by atoms with van der Waals surface area (Å²) in [5, 5.41) is 3.18. The highest BCUT2D eigenvalue weighted by atomic mass is 16.5. The van der Waals surface area contributed by atoms with Crippen molar-refractivity contribution in [1.82, 2.24) is 10.2 Å². The zero-order valence-electron chi connectivity index (χ0n) is 19.8. The second-order valence-corrected chi connectivity index (χ2v) is 8.90. The van der Waals surface area contributed by atoms with E-state index in [1.54, 1.807) is 4.90 Å². The van der Waals surface area contributed by atoms with E-state index in [-0.39, 0.29) is 24.5 Å². The molecule has 0 unspecified atom stereocenters. The van der Waals surface area contributed by atoms with E-state index >= 15 is 0 Å². The van der Waals surface area contributed by atoms with Gasteiger partial charge in [-0.2, -0.15) is 0 Å². The number of benzene rings is 2. The third-order valence-corrected chi connectivity index (χ3v) is 6.53. The van der Waals surface area contributed by atoms with Gasteiger partial charge in [-0.15, -0.1) is 0 Å². The number of aryl methyl sites for hydroxylation is 3. The van der Waals surface area contributed by atoms with E-state index in [4.69, 9.17) is 4.74 Å². The highest BCUT2D eigenvalue weighted by Crippen LogP contribution is 2.21. The monoisotopic (exact) mass is 436 g/mol. The number of hydrogen-bond acceptors (Lipinski definition) is 3. The van der Waals surface area contributed by atoms with Crippen molar-refractivity contribution in [2.45, 2.75) is 78.4 Å². The molecular formula is C27H36N2O3. The van der Waals surface area contributed by atoms with Crippen LogP contribution in [0, 0.1) is 20.8 Å². The molecule has 1 N–H and O–H groups in total. The fraction of sp³-hybridized carbons (Fsp3) is 0.481. The van der Waals surface area contributed by atoms with Gasteiger partial charge in [0.15, 0.2) is 6.61 Å². The molecule has 0 bridgehead atoms. The third kappa shape index (κ3) is 6.12. The molecule has 1 saturated carbocycles. The number of nitrogens with one attached hydrogen (secondary N) is 1. The van der Waals surface area contributed by atoms with Crippen LogP contribution >= 0.6 is 0 Å². The lowest BCUT2D eigenvalue weighted by Gasteiger charge is -2.32. The van der Waals surface area contributed by atoms with Crippen LogP contribution in [0.5, 0.6) is 5.75 Å². The van der Waals surface area contributed by atoms with E-state index in [2.05, 4.69) is 5.32 Å². The van der Waals surface area contributed by atoms with Crippen molar-refractivity contribution in [1.29, 1.82) is 0 Å². The summed E-state index contributed by atoms with van der Waals surface area (Å²) in [5.74, 6) is 0.424. The van der Waals surface area contributed by atoms with Gasteiger partial charge in [0.25, 0.3) is 5.91 Å². The zero-order chi connectivity index (χ0) is 23.1. The predicted octanol–water partition coefficient (Wildman–Crippen LogP) is 4.86. The quantitative estimate of drug-likeness (QED) is 0.611. The van der Waals surface area contributed by atoms with E-state index in [0.29, 0.717) is 18.7 Å². The number of hydrogen-bond donors (Lipinski definition) is 1. The maximum atomic E-state index is 13.3. The lowest BCUT2D eigenvalue weighted by Crippen LogP contribution is -2.52. The molecule has 1 fully saturated rings. The van der Waals surface area contributed by atoms with E-state index in [0.717, 1.165) is 42.4 Å². The van der Waals surface area contributed by atoms with Crippen LogP contribution in [0.25, 0.3) is 0 Å². The Morgan fingerprint density at radius 2 is 1.75 bits per heavy atom. The average Bonchev–Trinajstić information content (AvgIpc) is 3.28. The first kappa shape index (κ1) is 23.8. The Balaban J connectivity index is 1.77. The van der Waals surface area contributed by atoms with Crippen LogP contribution in [0.1, 0.15) is 61.3 Å². The molecule has 1 atom stereocenters. The van der Waals surface area contributed by atoms with Crippen molar-refractivity contribution in [2.24, 2.45) is 0 Å². The standard InChI is InChI=1S/C27H36N2O3/c1-5-25(27(31)28-23-12-8-9-13-23)29(17-22-11-7-6-10-20(22)3)26(30)18-32-24-15-14-19(2)21(4)16-24/h6-7,10-11,14-16,23,25H,5,8-9,12-13,17-18H2,1-4H3,(H,28,31)/t25-/m1/s1. The molecule has 5 heteroatoms. The summed E-state index contributed by atoms with van der Waals surface area (Å²) in [4.78, 5) is 28.2. The number of ether oxygens (including phenoxy) is 1.